The van der Waals surface area contributed by atoms with Crippen LogP contribution >= 0.6 is 11.3 Å². The molecule has 0 bridgehead atoms. The Morgan fingerprint density at radius 2 is 2.08 bits per heavy atom. The fraction of sp³-hybridized carbons (Fsp3) is 0.200. The molecular weight excluding hydrogens is 346 g/mol. The molecule has 0 aliphatic carbocycles. The van der Waals surface area contributed by atoms with Gasteiger partial charge in [-0.1, -0.05) is 18.2 Å². The van der Waals surface area contributed by atoms with E-state index in [9.17, 15) is 0 Å². The molecule has 0 N–H and O–H groups in total. The average Bonchev–Trinajstić information content (AvgIpc) is 3.42. The second kappa shape index (κ2) is 8.01. The number of thiophene rings is 1. The lowest BCUT2D eigenvalue weighted by Gasteiger charge is -2.06. The lowest BCUT2D eigenvalue weighted by Crippen LogP contribution is -1.97. The SMILES string of the molecule is c1csc(-c2cnc(COc3ccc(CCCn4ccnc4)cc3)o2)c1. The molecule has 0 aliphatic heterocycles. The Labute approximate surface area is 155 Å². The first-order chi connectivity index (χ1) is 12.9. The average molecular weight is 365 g/mol. The largest absolute Gasteiger partial charge is 0.484 e. The number of ether oxygens (including phenoxy) is 1. The van der Waals surface area contributed by atoms with E-state index >= 15 is 0 Å². The van der Waals surface area contributed by atoms with Gasteiger partial charge in [-0.05, 0) is 42.0 Å². The molecule has 5 nitrogen and oxygen atoms in total. The molecule has 4 aromatic rings. The first-order valence-corrected chi connectivity index (χ1v) is 9.41. The fourth-order valence-corrected chi connectivity index (χ4v) is 3.36. The molecule has 0 atom stereocenters. The summed E-state index contributed by atoms with van der Waals surface area (Å²) >= 11 is 1.63. The molecule has 0 fully saturated rings. The van der Waals surface area contributed by atoms with Gasteiger partial charge in [-0.15, -0.1) is 11.3 Å². The summed E-state index contributed by atoms with van der Waals surface area (Å²) in [5.74, 6) is 2.18. The first-order valence-electron chi connectivity index (χ1n) is 8.53. The van der Waals surface area contributed by atoms with Gasteiger partial charge in [-0.2, -0.15) is 0 Å². The zero-order valence-electron chi connectivity index (χ0n) is 14.2. The molecule has 0 saturated carbocycles. The minimum atomic E-state index is 0.325. The Hall–Kier alpha value is -2.86. The standard InChI is InChI=1S/C20H19N3O2S/c1(10-23-11-9-21-15-23)3-16-5-7-17(8-6-16)24-14-20-22-13-18(25-20)19-4-2-12-26-19/h2,4-9,11-13,15H,1,3,10,14H2. The summed E-state index contributed by atoms with van der Waals surface area (Å²) in [7, 11) is 0. The van der Waals surface area contributed by atoms with E-state index in [1.54, 1.807) is 17.5 Å². The van der Waals surface area contributed by atoms with Crippen molar-refractivity contribution >= 4 is 11.3 Å². The van der Waals surface area contributed by atoms with Crippen molar-refractivity contribution in [1.82, 2.24) is 14.5 Å². The maximum absolute atomic E-state index is 5.78. The summed E-state index contributed by atoms with van der Waals surface area (Å²) in [5, 5.41) is 2.02. The van der Waals surface area contributed by atoms with Gasteiger partial charge in [-0.3, -0.25) is 0 Å². The highest BCUT2D eigenvalue weighted by Crippen LogP contribution is 2.25. The number of hydrogen-bond donors (Lipinski definition) is 0. The number of nitrogens with zero attached hydrogens (tertiary/aromatic N) is 3. The molecule has 132 valence electrons. The highest BCUT2D eigenvalue weighted by molar-refractivity contribution is 7.13. The highest BCUT2D eigenvalue weighted by atomic mass is 32.1. The van der Waals surface area contributed by atoms with E-state index in [1.807, 2.05) is 48.4 Å². The Morgan fingerprint density at radius 1 is 1.15 bits per heavy atom. The number of rotatable bonds is 8. The summed E-state index contributed by atoms with van der Waals surface area (Å²) in [6.07, 6.45) is 9.50. The van der Waals surface area contributed by atoms with Crippen LogP contribution in [0.1, 0.15) is 17.9 Å². The van der Waals surface area contributed by atoms with Crippen LogP contribution in [0.15, 0.2) is 71.1 Å². The third-order valence-corrected chi connectivity index (χ3v) is 4.93. The van der Waals surface area contributed by atoms with Gasteiger partial charge in [0.2, 0.25) is 5.89 Å². The van der Waals surface area contributed by atoms with Crippen LogP contribution < -0.4 is 4.74 Å². The summed E-state index contributed by atoms with van der Waals surface area (Å²) < 4.78 is 13.6. The van der Waals surface area contributed by atoms with Gasteiger partial charge in [0.05, 0.1) is 17.4 Å². The van der Waals surface area contributed by atoms with Crippen LogP contribution in [-0.2, 0) is 19.6 Å². The summed E-state index contributed by atoms with van der Waals surface area (Å²) in [5.41, 5.74) is 1.30. The van der Waals surface area contributed by atoms with Gasteiger partial charge in [0.1, 0.15) is 5.75 Å². The summed E-state index contributed by atoms with van der Waals surface area (Å²) in [6, 6.07) is 12.2. The minimum absolute atomic E-state index is 0.325. The molecule has 0 radical (unpaired) electrons. The molecule has 3 heterocycles. The van der Waals surface area contributed by atoms with Crippen LogP contribution in [0.3, 0.4) is 0 Å². The van der Waals surface area contributed by atoms with Crippen molar-refractivity contribution in [2.24, 2.45) is 0 Å². The van der Waals surface area contributed by atoms with Crippen LogP contribution in [0.2, 0.25) is 0 Å². The van der Waals surface area contributed by atoms with Crippen molar-refractivity contribution < 1.29 is 9.15 Å². The van der Waals surface area contributed by atoms with E-state index < -0.39 is 0 Å². The maximum atomic E-state index is 5.78. The van der Waals surface area contributed by atoms with E-state index in [0.29, 0.717) is 12.5 Å². The normalized spacial score (nSPS) is 10.9. The summed E-state index contributed by atoms with van der Waals surface area (Å²) in [6.45, 7) is 1.31. The summed E-state index contributed by atoms with van der Waals surface area (Å²) in [4.78, 5) is 9.41. The van der Waals surface area contributed by atoms with Gasteiger partial charge in [0.15, 0.2) is 12.4 Å². The van der Waals surface area contributed by atoms with Crippen molar-refractivity contribution in [3.05, 3.63) is 78.2 Å². The van der Waals surface area contributed by atoms with Gasteiger partial charge < -0.3 is 13.7 Å². The maximum Gasteiger partial charge on any atom is 0.232 e. The molecule has 6 heteroatoms. The van der Waals surface area contributed by atoms with Crippen LogP contribution in [0.5, 0.6) is 5.75 Å². The monoisotopic (exact) mass is 365 g/mol. The quantitative estimate of drug-likeness (QED) is 0.449. The minimum Gasteiger partial charge on any atom is -0.484 e. The van der Waals surface area contributed by atoms with Gasteiger partial charge in [0, 0.05) is 18.9 Å². The molecular formula is C20H19N3O2S. The molecule has 0 spiro atoms. The second-order valence-electron chi connectivity index (χ2n) is 5.93. The van der Waals surface area contributed by atoms with E-state index in [2.05, 4.69) is 26.7 Å². The highest BCUT2D eigenvalue weighted by Gasteiger charge is 2.07. The molecule has 0 unspecified atom stereocenters. The number of aromatic nitrogens is 3. The lowest BCUT2D eigenvalue weighted by atomic mass is 10.1. The van der Waals surface area contributed by atoms with Crippen molar-refractivity contribution in [3.63, 3.8) is 0 Å². The smallest absolute Gasteiger partial charge is 0.232 e. The Morgan fingerprint density at radius 3 is 2.85 bits per heavy atom. The van der Waals surface area contributed by atoms with Crippen molar-refractivity contribution in [3.8, 4) is 16.4 Å². The van der Waals surface area contributed by atoms with Crippen molar-refractivity contribution in [1.29, 1.82) is 0 Å². The van der Waals surface area contributed by atoms with E-state index in [4.69, 9.17) is 9.15 Å². The Kier molecular flexibility index (Phi) is 5.12. The van der Waals surface area contributed by atoms with Crippen molar-refractivity contribution in [2.75, 3.05) is 0 Å². The lowest BCUT2D eigenvalue weighted by molar-refractivity contribution is 0.264. The zero-order chi connectivity index (χ0) is 17.6. The number of imidazole rings is 1. The van der Waals surface area contributed by atoms with Crippen LogP contribution in [0.4, 0.5) is 0 Å². The molecule has 3 aromatic heterocycles. The van der Waals surface area contributed by atoms with Gasteiger partial charge in [0.25, 0.3) is 0 Å². The predicted molar refractivity (Wildman–Crippen MR) is 101 cm³/mol. The molecule has 0 amide bonds. The molecule has 0 aliphatic rings. The molecule has 1 aromatic carbocycles. The molecule has 0 saturated heterocycles. The van der Waals surface area contributed by atoms with E-state index in [1.165, 1.54) is 5.56 Å². The van der Waals surface area contributed by atoms with Gasteiger partial charge in [-0.25, -0.2) is 9.97 Å². The van der Waals surface area contributed by atoms with Crippen LogP contribution in [0, 0.1) is 0 Å². The fourth-order valence-electron chi connectivity index (χ4n) is 2.69. The van der Waals surface area contributed by atoms with Crippen LogP contribution in [0.25, 0.3) is 10.6 Å². The van der Waals surface area contributed by atoms with Crippen molar-refractivity contribution in [2.45, 2.75) is 26.0 Å². The number of oxazole rings is 1. The van der Waals surface area contributed by atoms with E-state index in [-0.39, 0.29) is 0 Å². The number of aryl methyl sites for hydroxylation is 2. The molecule has 4 rings (SSSR count). The van der Waals surface area contributed by atoms with Gasteiger partial charge >= 0.3 is 0 Å². The second-order valence-corrected chi connectivity index (χ2v) is 6.88. The van der Waals surface area contributed by atoms with E-state index in [0.717, 1.165) is 35.8 Å². The Bertz CT molecular complexity index is 913. The zero-order valence-corrected chi connectivity index (χ0v) is 15.1. The Balaban J connectivity index is 1.26. The predicted octanol–water partition coefficient (Wildman–Crippen LogP) is 4.81. The number of hydrogen-bond acceptors (Lipinski definition) is 5. The topological polar surface area (TPSA) is 53.1 Å². The first kappa shape index (κ1) is 16.6. The number of benzene rings is 1. The third kappa shape index (κ3) is 4.21. The third-order valence-electron chi connectivity index (χ3n) is 4.04. The van der Waals surface area contributed by atoms with Crippen LogP contribution in [-0.4, -0.2) is 14.5 Å². The molecule has 26 heavy (non-hydrogen) atoms.